The number of hydrogen-bond acceptors (Lipinski definition) is 3. The van der Waals surface area contributed by atoms with Crippen molar-refractivity contribution in [1.82, 2.24) is 15.5 Å². The van der Waals surface area contributed by atoms with Crippen LogP contribution in [-0.2, 0) is 9.59 Å². The van der Waals surface area contributed by atoms with Crippen LogP contribution in [0.3, 0.4) is 0 Å². The topological polar surface area (TPSA) is 61.4 Å². The maximum atomic E-state index is 11.7. The Morgan fingerprint density at radius 2 is 2.12 bits per heavy atom. The molecule has 1 atom stereocenters. The zero-order valence-electron chi connectivity index (χ0n) is 10.5. The molecule has 2 N–H and O–H groups in total. The summed E-state index contributed by atoms with van der Waals surface area (Å²) in [7, 11) is 3.43. The monoisotopic (exact) mass is 263 g/mol. The van der Waals surface area contributed by atoms with Crippen molar-refractivity contribution >= 4 is 24.2 Å². The number of hydrogen-bond donors (Lipinski definition) is 2. The van der Waals surface area contributed by atoms with E-state index in [1.165, 1.54) is 4.90 Å². The minimum atomic E-state index is 0. The molecule has 0 aromatic carbocycles. The van der Waals surface area contributed by atoms with Crippen LogP contribution in [0.2, 0.25) is 0 Å². The third-order valence-electron chi connectivity index (χ3n) is 2.80. The largest absolute Gasteiger partial charge is 0.355 e. The highest BCUT2D eigenvalue weighted by Crippen LogP contribution is 2.09. The normalized spacial score (nSPS) is 19.1. The second kappa shape index (κ2) is 8.31. The molecule has 1 saturated heterocycles. The summed E-state index contributed by atoms with van der Waals surface area (Å²) in [6, 6.07) is 0. The summed E-state index contributed by atoms with van der Waals surface area (Å²) in [6.07, 6.45) is 2.37. The lowest BCUT2D eigenvalue weighted by Crippen LogP contribution is -2.41. The van der Waals surface area contributed by atoms with Gasteiger partial charge < -0.3 is 15.5 Å². The van der Waals surface area contributed by atoms with E-state index in [9.17, 15) is 9.59 Å². The molecule has 6 heteroatoms. The lowest BCUT2D eigenvalue weighted by atomic mass is 9.99. The molecule has 0 aliphatic carbocycles. The number of nitrogens with one attached hydrogen (secondary N) is 2. The summed E-state index contributed by atoms with van der Waals surface area (Å²) < 4.78 is 0. The molecule has 0 spiro atoms. The zero-order valence-corrected chi connectivity index (χ0v) is 11.3. The summed E-state index contributed by atoms with van der Waals surface area (Å²) in [5.74, 6) is 0.184. The molecule has 1 fully saturated rings. The van der Waals surface area contributed by atoms with Gasteiger partial charge in [0.2, 0.25) is 11.8 Å². The molecular formula is C11H22ClN3O2. The molecule has 5 nitrogen and oxygen atoms in total. The maximum absolute atomic E-state index is 11.7. The highest BCUT2D eigenvalue weighted by atomic mass is 35.5. The molecule has 1 heterocycles. The van der Waals surface area contributed by atoms with Gasteiger partial charge in [-0.1, -0.05) is 0 Å². The number of amides is 2. The standard InChI is InChI=1S/C11H21N3O2.ClH/c1-14(2)10(15)5-7-13-11(16)9-4-3-6-12-8-9;/h9,12H,3-8H2,1-2H3,(H,13,16);1H/t9-;/m1./s1. The van der Waals surface area contributed by atoms with E-state index in [4.69, 9.17) is 0 Å². The summed E-state index contributed by atoms with van der Waals surface area (Å²) in [5.41, 5.74) is 0. The maximum Gasteiger partial charge on any atom is 0.224 e. The number of halogens is 1. The molecule has 0 aromatic rings. The van der Waals surface area contributed by atoms with Crippen molar-refractivity contribution in [2.75, 3.05) is 33.7 Å². The predicted octanol–water partition coefficient (Wildman–Crippen LogP) is 0.00230. The first kappa shape index (κ1) is 16.2. The molecule has 0 aromatic heterocycles. The van der Waals surface area contributed by atoms with Gasteiger partial charge in [0.15, 0.2) is 0 Å². The van der Waals surface area contributed by atoms with Gasteiger partial charge in [0.1, 0.15) is 0 Å². The van der Waals surface area contributed by atoms with Crippen LogP contribution < -0.4 is 10.6 Å². The Balaban J connectivity index is 0.00000256. The van der Waals surface area contributed by atoms with Crippen LogP contribution in [0.25, 0.3) is 0 Å². The fourth-order valence-electron chi connectivity index (χ4n) is 1.74. The third-order valence-corrected chi connectivity index (χ3v) is 2.80. The number of carbonyl (C=O) groups is 2. The molecule has 1 rings (SSSR count). The fraction of sp³-hybridized carbons (Fsp3) is 0.818. The SMILES string of the molecule is CN(C)C(=O)CCNC(=O)[C@@H]1CCCNC1.Cl. The van der Waals surface area contributed by atoms with E-state index >= 15 is 0 Å². The van der Waals surface area contributed by atoms with Crippen molar-refractivity contribution in [3.8, 4) is 0 Å². The Morgan fingerprint density at radius 1 is 1.41 bits per heavy atom. The van der Waals surface area contributed by atoms with E-state index in [0.717, 1.165) is 25.9 Å². The number of rotatable bonds is 4. The second-order valence-corrected chi connectivity index (χ2v) is 4.37. The van der Waals surface area contributed by atoms with Crippen molar-refractivity contribution in [1.29, 1.82) is 0 Å². The lowest BCUT2D eigenvalue weighted by molar-refractivity contribution is -0.129. The van der Waals surface area contributed by atoms with Crippen LogP contribution in [0.1, 0.15) is 19.3 Å². The number of nitrogens with zero attached hydrogens (tertiary/aromatic N) is 1. The molecule has 0 bridgehead atoms. The van der Waals surface area contributed by atoms with Gasteiger partial charge in [0, 0.05) is 33.6 Å². The molecule has 17 heavy (non-hydrogen) atoms. The second-order valence-electron chi connectivity index (χ2n) is 4.37. The molecule has 0 unspecified atom stereocenters. The zero-order chi connectivity index (χ0) is 12.0. The third kappa shape index (κ3) is 5.89. The van der Waals surface area contributed by atoms with E-state index in [-0.39, 0.29) is 30.1 Å². The van der Waals surface area contributed by atoms with Gasteiger partial charge in [-0.25, -0.2) is 0 Å². The minimum Gasteiger partial charge on any atom is -0.355 e. The van der Waals surface area contributed by atoms with E-state index in [2.05, 4.69) is 10.6 Å². The molecule has 2 amide bonds. The average molecular weight is 264 g/mol. The molecule has 100 valence electrons. The first-order chi connectivity index (χ1) is 7.61. The van der Waals surface area contributed by atoms with E-state index in [1.54, 1.807) is 14.1 Å². The van der Waals surface area contributed by atoms with Gasteiger partial charge in [-0.05, 0) is 19.4 Å². The van der Waals surface area contributed by atoms with Gasteiger partial charge >= 0.3 is 0 Å². The molecule has 0 radical (unpaired) electrons. The predicted molar refractivity (Wildman–Crippen MR) is 69.2 cm³/mol. The Labute approximate surface area is 109 Å². The van der Waals surface area contributed by atoms with Gasteiger partial charge in [0.25, 0.3) is 0 Å². The lowest BCUT2D eigenvalue weighted by Gasteiger charge is -2.21. The van der Waals surface area contributed by atoms with Crippen LogP contribution in [-0.4, -0.2) is 50.4 Å². The molecule has 1 aliphatic heterocycles. The first-order valence-electron chi connectivity index (χ1n) is 5.80. The molecular weight excluding hydrogens is 242 g/mol. The van der Waals surface area contributed by atoms with Gasteiger partial charge in [0.05, 0.1) is 5.92 Å². The summed E-state index contributed by atoms with van der Waals surface area (Å²) in [6.45, 7) is 2.20. The quantitative estimate of drug-likeness (QED) is 0.751. The van der Waals surface area contributed by atoms with Crippen molar-refractivity contribution in [3.05, 3.63) is 0 Å². The Kier molecular flexibility index (Phi) is 7.91. The summed E-state index contributed by atoms with van der Waals surface area (Å²) in [4.78, 5) is 24.5. The molecule has 0 saturated carbocycles. The smallest absolute Gasteiger partial charge is 0.224 e. The van der Waals surface area contributed by atoms with Crippen LogP contribution in [0.15, 0.2) is 0 Å². The van der Waals surface area contributed by atoms with Crippen molar-refractivity contribution < 1.29 is 9.59 Å². The highest BCUT2D eigenvalue weighted by Gasteiger charge is 2.20. The first-order valence-corrected chi connectivity index (χ1v) is 5.80. The van der Waals surface area contributed by atoms with Crippen molar-refractivity contribution in [2.24, 2.45) is 5.92 Å². The van der Waals surface area contributed by atoms with Crippen LogP contribution in [0.4, 0.5) is 0 Å². The van der Waals surface area contributed by atoms with Crippen LogP contribution >= 0.6 is 12.4 Å². The van der Waals surface area contributed by atoms with Crippen molar-refractivity contribution in [2.45, 2.75) is 19.3 Å². The van der Waals surface area contributed by atoms with E-state index in [1.807, 2.05) is 0 Å². The van der Waals surface area contributed by atoms with Crippen molar-refractivity contribution in [3.63, 3.8) is 0 Å². The Hall–Kier alpha value is -0.810. The average Bonchev–Trinajstić information content (AvgIpc) is 2.29. The molecule has 1 aliphatic rings. The van der Waals surface area contributed by atoms with Crippen LogP contribution in [0.5, 0.6) is 0 Å². The van der Waals surface area contributed by atoms with Gasteiger partial charge in [-0.15, -0.1) is 12.4 Å². The summed E-state index contributed by atoms with van der Waals surface area (Å²) >= 11 is 0. The van der Waals surface area contributed by atoms with Crippen LogP contribution in [0, 0.1) is 5.92 Å². The minimum absolute atomic E-state index is 0. The number of carbonyl (C=O) groups excluding carboxylic acids is 2. The van der Waals surface area contributed by atoms with Gasteiger partial charge in [-0.3, -0.25) is 9.59 Å². The number of piperidine rings is 1. The van der Waals surface area contributed by atoms with E-state index in [0.29, 0.717) is 13.0 Å². The Bertz CT molecular complexity index is 253. The fourth-order valence-corrected chi connectivity index (χ4v) is 1.74. The summed E-state index contributed by atoms with van der Waals surface area (Å²) in [5, 5.41) is 6.01. The van der Waals surface area contributed by atoms with E-state index < -0.39 is 0 Å². The highest BCUT2D eigenvalue weighted by molar-refractivity contribution is 5.85. The van der Waals surface area contributed by atoms with Gasteiger partial charge in [-0.2, -0.15) is 0 Å². The Morgan fingerprint density at radius 3 is 2.65 bits per heavy atom.